The maximum Gasteiger partial charge on any atom is 0.221 e. The second kappa shape index (κ2) is 10.5. The molecule has 2 N–H and O–H groups in total. The fourth-order valence-electron chi connectivity index (χ4n) is 1.35. The summed E-state index contributed by atoms with van der Waals surface area (Å²) < 4.78 is 4.99. The van der Waals surface area contributed by atoms with Crippen LogP contribution in [0.15, 0.2) is 0 Å². The molecule has 0 unspecified atom stereocenters. The van der Waals surface area contributed by atoms with Gasteiger partial charge in [0.25, 0.3) is 0 Å². The molecule has 5 heteroatoms. The van der Waals surface area contributed by atoms with E-state index in [4.69, 9.17) is 4.74 Å². The van der Waals surface area contributed by atoms with Gasteiger partial charge in [-0.2, -0.15) is 0 Å². The molecular weight excluding hydrogens is 218 g/mol. The summed E-state index contributed by atoms with van der Waals surface area (Å²) in [6.07, 6.45) is 0.542. The van der Waals surface area contributed by atoms with Crippen LogP contribution >= 0.6 is 0 Å². The highest BCUT2D eigenvalue weighted by Gasteiger charge is 2.02. The molecule has 0 spiro atoms. The molecule has 0 rings (SSSR count). The van der Waals surface area contributed by atoms with Crippen LogP contribution in [0.3, 0.4) is 0 Å². The maximum atomic E-state index is 11.3. The van der Waals surface area contributed by atoms with Gasteiger partial charge in [-0.3, -0.25) is 4.79 Å². The minimum absolute atomic E-state index is 0.111. The predicted octanol–water partition coefficient (Wildman–Crippen LogP) is 0.0689. The Kier molecular flexibility index (Phi) is 10.1. The number of rotatable bonds is 10. The van der Waals surface area contributed by atoms with E-state index in [1.165, 1.54) is 0 Å². The second-order valence-electron chi connectivity index (χ2n) is 4.52. The van der Waals surface area contributed by atoms with Gasteiger partial charge in [0.2, 0.25) is 5.91 Å². The van der Waals surface area contributed by atoms with Crippen molar-refractivity contribution in [3.63, 3.8) is 0 Å². The van der Waals surface area contributed by atoms with Crippen LogP contribution < -0.4 is 10.6 Å². The number of carbonyl (C=O) groups excluding carboxylic acids is 1. The van der Waals surface area contributed by atoms with Crippen molar-refractivity contribution in [2.45, 2.75) is 26.3 Å². The molecular formula is C12H27N3O2. The molecule has 0 fully saturated rings. The van der Waals surface area contributed by atoms with Crippen LogP contribution in [-0.4, -0.2) is 63.8 Å². The van der Waals surface area contributed by atoms with Crippen LogP contribution in [0.25, 0.3) is 0 Å². The van der Waals surface area contributed by atoms with Crippen molar-refractivity contribution in [1.82, 2.24) is 15.5 Å². The molecule has 0 aromatic heterocycles. The van der Waals surface area contributed by atoms with E-state index in [0.717, 1.165) is 32.8 Å². The highest BCUT2D eigenvalue weighted by molar-refractivity contribution is 5.76. The lowest BCUT2D eigenvalue weighted by Gasteiger charge is -2.16. The first kappa shape index (κ1) is 16.4. The van der Waals surface area contributed by atoms with Crippen LogP contribution in [0.5, 0.6) is 0 Å². The Balaban J connectivity index is 3.31. The standard InChI is InChI=1S/C12H27N3O2/c1-11(2)14-12(16)5-6-13-7-8-15(3)9-10-17-4/h11,13H,5-10H2,1-4H3,(H,14,16). The molecule has 0 aliphatic carbocycles. The molecule has 0 heterocycles. The van der Waals surface area contributed by atoms with E-state index in [2.05, 4.69) is 22.6 Å². The molecule has 102 valence electrons. The first-order chi connectivity index (χ1) is 8.06. The molecule has 0 saturated heterocycles. The number of ether oxygens (including phenoxy) is 1. The summed E-state index contributed by atoms with van der Waals surface area (Å²) in [5.41, 5.74) is 0. The number of likely N-dealkylation sites (N-methyl/N-ethyl adjacent to an activating group) is 1. The maximum absolute atomic E-state index is 11.3. The fourth-order valence-corrected chi connectivity index (χ4v) is 1.35. The van der Waals surface area contributed by atoms with Crippen LogP contribution in [0, 0.1) is 0 Å². The van der Waals surface area contributed by atoms with Gasteiger partial charge in [0, 0.05) is 45.8 Å². The third kappa shape index (κ3) is 11.6. The van der Waals surface area contributed by atoms with Crippen LogP contribution in [0.1, 0.15) is 20.3 Å². The summed E-state index contributed by atoms with van der Waals surface area (Å²) in [6, 6.07) is 0.225. The predicted molar refractivity (Wildman–Crippen MR) is 70.1 cm³/mol. The average molecular weight is 245 g/mol. The Labute approximate surface area is 105 Å². The SMILES string of the molecule is COCCN(C)CCNCCC(=O)NC(C)C. The van der Waals surface area contributed by atoms with Crippen molar-refractivity contribution in [1.29, 1.82) is 0 Å². The summed E-state index contributed by atoms with van der Waals surface area (Å²) in [7, 11) is 3.77. The molecule has 0 radical (unpaired) electrons. The number of methoxy groups -OCH3 is 1. The van der Waals surface area contributed by atoms with Crippen molar-refractivity contribution < 1.29 is 9.53 Å². The van der Waals surface area contributed by atoms with Gasteiger partial charge in [0.05, 0.1) is 6.61 Å². The summed E-state index contributed by atoms with van der Waals surface area (Å²) in [4.78, 5) is 13.5. The fraction of sp³-hybridized carbons (Fsp3) is 0.917. The van der Waals surface area contributed by atoms with Crippen molar-refractivity contribution in [2.24, 2.45) is 0 Å². The van der Waals surface area contributed by atoms with Crippen molar-refractivity contribution in [3.05, 3.63) is 0 Å². The van der Waals surface area contributed by atoms with Gasteiger partial charge in [-0.25, -0.2) is 0 Å². The summed E-state index contributed by atoms with van der Waals surface area (Å²) in [5.74, 6) is 0.111. The molecule has 0 aliphatic heterocycles. The lowest BCUT2D eigenvalue weighted by molar-refractivity contribution is -0.121. The van der Waals surface area contributed by atoms with E-state index in [1.54, 1.807) is 7.11 Å². The zero-order valence-electron chi connectivity index (χ0n) is 11.6. The van der Waals surface area contributed by atoms with Crippen molar-refractivity contribution in [2.75, 3.05) is 46.9 Å². The molecule has 0 bridgehead atoms. The zero-order valence-corrected chi connectivity index (χ0v) is 11.6. The summed E-state index contributed by atoms with van der Waals surface area (Å²) in [6.45, 7) is 8.23. The van der Waals surface area contributed by atoms with E-state index in [0.29, 0.717) is 6.42 Å². The largest absolute Gasteiger partial charge is 0.383 e. The molecule has 5 nitrogen and oxygen atoms in total. The van der Waals surface area contributed by atoms with Crippen LogP contribution in [-0.2, 0) is 9.53 Å². The lowest BCUT2D eigenvalue weighted by Crippen LogP contribution is -2.35. The summed E-state index contributed by atoms with van der Waals surface area (Å²) >= 11 is 0. The lowest BCUT2D eigenvalue weighted by atomic mass is 10.3. The molecule has 0 aromatic rings. The number of nitrogens with one attached hydrogen (secondary N) is 2. The smallest absolute Gasteiger partial charge is 0.221 e. The number of carbonyl (C=O) groups is 1. The Morgan fingerprint density at radius 2 is 2.00 bits per heavy atom. The molecule has 1 amide bonds. The van der Waals surface area contributed by atoms with Gasteiger partial charge in [-0.05, 0) is 20.9 Å². The number of hydrogen-bond acceptors (Lipinski definition) is 4. The molecule has 0 aromatic carbocycles. The number of nitrogens with zero attached hydrogens (tertiary/aromatic N) is 1. The van der Waals surface area contributed by atoms with E-state index in [1.807, 2.05) is 13.8 Å². The first-order valence-corrected chi connectivity index (χ1v) is 6.23. The summed E-state index contributed by atoms with van der Waals surface area (Å²) in [5, 5.41) is 6.12. The van der Waals surface area contributed by atoms with E-state index < -0.39 is 0 Å². The van der Waals surface area contributed by atoms with Gasteiger partial charge >= 0.3 is 0 Å². The minimum atomic E-state index is 0.111. The van der Waals surface area contributed by atoms with Gasteiger partial charge in [0.1, 0.15) is 0 Å². The number of amides is 1. The van der Waals surface area contributed by atoms with Crippen molar-refractivity contribution >= 4 is 5.91 Å². The molecule has 0 saturated carbocycles. The number of hydrogen-bond donors (Lipinski definition) is 2. The third-order valence-electron chi connectivity index (χ3n) is 2.33. The third-order valence-corrected chi connectivity index (χ3v) is 2.33. The minimum Gasteiger partial charge on any atom is -0.383 e. The van der Waals surface area contributed by atoms with E-state index >= 15 is 0 Å². The van der Waals surface area contributed by atoms with Gasteiger partial charge in [-0.15, -0.1) is 0 Å². The highest BCUT2D eigenvalue weighted by atomic mass is 16.5. The van der Waals surface area contributed by atoms with Gasteiger partial charge in [-0.1, -0.05) is 0 Å². The Morgan fingerprint density at radius 1 is 1.29 bits per heavy atom. The first-order valence-electron chi connectivity index (χ1n) is 6.23. The quantitative estimate of drug-likeness (QED) is 0.535. The van der Waals surface area contributed by atoms with Gasteiger partial charge in [0.15, 0.2) is 0 Å². The second-order valence-corrected chi connectivity index (χ2v) is 4.52. The Morgan fingerprint density at radius 3 is 2.59 bits per heavy atom. The normalized spacial score (nSPS) is 11.2. The van der Waals surface area contributed by atoms with E-state index in [-0.39, 0.29) is 11.9 Å². The molecule has 17 heavy (non-hydrogen) atoms. The topological polar surface area (TPSA) is 53.6 Å². The zero-order chi connectivity index (χ0) is 13.1. The monoisotopic (exact) mass is 245 g/mol. The van der Waals surface area contributed by atoms with Crippen LogP contribution in [0.4, 0.5) is 0 Å². The highest BCUT2D eigenvalue weighted by Crippen LogP contribution is 1.84. The molecule has 0 aliphatic rings. The Bertz CT molecular complexity index is 198. The van der Waals surface area contributed by atoms with E-state index in [9.17, 15) is 4.79 Å². The average Bonchev–Trinajstić information content (AvgIpc) is 2.24. The molecule has 0 atom stereocenters. The van der Waals surface area contributed by atoms with Crippen molar-refractivity contribution in [3.8, 4) is 0 Å². The Hall–Kier alpha value is -0.650. The van der Waals surface area contributed by atoms with Gasteiger partial charge < -0.3 is 20.3 Å². The van der Waals surface area contributed by atoms with Crippen LogP contribution in [0.2, 0.25) is 0 Å².